The number of hydrogen-bond donors (Lipinski definition) is 1. The second kappa shape index (κ2) is 8.35. The Hall–Kier alpha value is -2.34. The van der Waals surface area contributed by atoms with Gasteiger partial charge in [0.1, 0.15) is 0 Å². The molecule has 0 heterocycles. The largest absolute Gasteiger partial charge is 0.339 e. The minimum absolute atomic E-state index is 0.0602. The van der Waals surface area contributed by atoms with Crippen molar-refractivity contribution in [1.29, 1.82) is 0 Å². The molecule has 0 spiro atoms. The van der Waals surface area contributed by atoms with Crippen LogP contribution in [0.15, 0.2) is 53.4 Å². The van der Waals surface area contributed by atoms with Crippen molar-refractivity contribution < 1.29 is 13.2 Å². The molecule has 1 fully saturated rings. The van der Waals surface area contributed by atoms with Gasteiger partial charge in [0.05, 0.1) is 4.90 Å². The van der Waals surface area contributed by atoms with Crippen LogP contribution < -0.4 is 4.72 Å². The fourth-order valence-corrected chi connectivity index (χ4v) is 4.67. The first-order valence-corrected chi connectivity index (χ1v) is 11.2. The SMILES string of the molecule is Cc1ccc(NS(=O)(=O)c2ccc(C(=O)N(C)C3CCC(C)CC3)cc2)cc1. The van der Waals surface area contributed by atoms with Crippen LogP contribution in [0.4, 0.5) is 5.69 Å². The van der Waals surface area contributed by atoms with Crippen LogP contribution in [-0.2, 0) is 10.0 Å². The van der Waals surface area contributed by atoms with Crippen LogP contribution in [0.5, 0.6) is 0 Å². The summed E-state index contributed by atoms with van der Waals surface area (Å²) in [4.78, 5) is 14.7. The van der Waals surface area contributed by atoms with E-state index in [0.717, 1.165) is 37.2 Å². The predicted molar refractivity (Wildman–Crippen MR) is 112 cm³/mol. The molecule has 1 aliphatic carbocycles. The maximum atomic E-state index is 12.8. The molecule has 5 nitrogen and oxygen atoms in total. The highest BCUT2D eigenvalue weighted by Gasteiger charge is 2.25. The molecule has 6 heteroatoms. The van der Waals surface area contributed by atoms with Crippen molar-refractivity contribution >= 4 is 21.6 Å². The summed E-state index contributed by atoms with van der Waals surface area (Å²) in [5.74, 6) is 0.667. The topological polar surface area (TPSA) is 66.5 Å². The Balaban J connectivity index is 1.69. The van der Waals surface area contributed by atoms with E-state index < -0.39 is 10.0 Å². The minimum Gasteiger partial charge on any atom is -0.339 e. The second-order valence-electron chi connectivity index (χ2n) is 7.83. The first-order valence-electron chi connectivity index (χ1n) is 9.73. The Morgan fingerprint density at radius 2 is 1.54 bits per heavy atom. The molecule has 2 aromatic rings. The number of carbonyl (C=O) groups is 1. The van der Waals surface area contributed by atoms with E-state index in [4.69, 9.17) is 0 Å². The molecule has 150 valence electrons. The smallest absolute Gasteiger partial charge is 0.261 e. The highest BCUT2D eigenvalue weighted by molar-refractivity contribution is 7.92. The Morgan fingerprint density at radius 1 is 0.964 bits per heavy atom. The number of hydrogen-bond acceptors (Lipinski definition) is 3. The zero-order valence-electron chi connectivity index (χ0n) is 16.7. The summed E-state index contributed by atoms with van der Waals surface area (Å²) in [6.45, 7) is 4.20. The number of nitrogens with zero attached hydrogens (tertiary/aromatic N) is 1. The molecule has 0 saturated heterocycles. The van der Waals surface area contributed by atoms with E-state index in [1.54, 1.807) is 29.2 Å². The van der Waals surface area contributed by atoms with Crippen LogP contribution in [0.2, 0.25) is 0 Å². The van der Waals surface area contributed by atoms with E-state index >= 15 is 0 Å². The lowest BCUT2D eigenvalue weighted by Gasteiger charge is -2.33. The van der Waals surface area contributed by atoms with Gasteiger partial charge in [-0.3, -0.25) is 9.52 Å². The van der Waals surface area contributed by atoms with Crippen LogP contribution in [-0.4, -0.2) is 32.3 Å². The Labute approximate surface area is 167 Å². The lowest BCUT2D eigenvalue weighted by Crippen LogP contribution is -2.39. The van der Waals surface area contributed by atoms with Crippen molar-refractivity contribution in [3.05, 3.63) is 59.7 Å². The summed E-state index contributed by atoms with van der Waals surface area (Å²) in [5.41, 5.74) is 2.08. The number of anilines is 1. The summed E-state index contributed by atoms with van der Waals surface area (Å²) in [5, 5.41) is 0. The van der Waals surface area contributed by atoms with Gasteiger partial charge in [0, 0.05) is 24.3 Å². The molecular formula is C22H28N2O3S. The van der Waals surface area contributed by atoms with Crippen molar-refractivity contribution in [1.82, 2.24) is 4.90 Å². The maximum absolute atomic E-state index is 12.8. The van der Waals surface area contributed by atoms with Crippen LogP contribution in [0.25, 0.3) is 0 Å². The van der Waals surface area contributed by atoms with Crippen LogP contribution in [0, 0.1) is 12.8 Å². The number of rotatable bonds is 5. The van der Waals surface area contributed by atoms with Crippen LogP contribution in [0.3, 0.4) is 0 Å². The van der Waals surface area contributed by atoms with Crippen molar-refractivity contribution in [2.24, 2.45) is 5.92 Å². The highest BCUT2D eigenvalue weighted by atomic mass is 32.2. The Kier molecular flexibility index (Phi) is 6.08. The molecule has 2 aromatic carbocycles. The highest BCUT2D eigenvalue weighted by Crippen LogP contribution is 2.27. The molecule has 0 atom stereocenters. The maximum Gasteiger partial charge on any atom is 0.261 e. The summed E-state index contributed by atoms with van der Waals surface area (Å²) in [6, 6.07) is 13.6. The van der Waals surface area contributed by atoms with E-state index in [2.05, 4.69) is 11.6 Å². The van der Waals surface area contributed by atoms with Crippen molar-refractivity contribution in [2.75, 3.05) is 11.8 Å². The third-order valence-electron chi connectivity index (χ3n) is 5.57. The molecule has 0 unspecified atom stereocenters. The summed E-state index contributed by atoms with van der Waals surface area (Å²) >= 11 is 0. The Morgan fingerprint density at radius 3 is 2.11 bits per heavy atom. The lowest BCUT2D eigenvalue weighted by molar-refractivity contribution is 0.0679. The molecule has 3 rings (SSSR count). The molecule has 1 aliphatic rings. The van der Waals surface area contributed by atoms with Crippen LogP contribution >= 0.6 is 0 Å². The number of carbonyl (C=O) groups excluding carboxylic acids is 1. The Bertz CT molecular complexity index is 913. The number of aryl methyl sites for hydroxylation is 1. The standard InChI is InChI=1S/C22H28N2O3S/c1-16-4-10-19(11-5-16)23-28(26,27)21-14-8-18(9-15-21)22(25)24(3)20-12-6-17(2)7-13-20/h4-5,8-11,14-15,17,20,23H,6-7,12-13H2,1-3H3. The van der Waals surface area contributed by atoms with Gasteiger partial charge < -0.3 is 4.90 Å². The first kappa shape index (κ1) is 20.4. The average Bonchev–Trinajstić information content (AvgIpc) is 2.69. The first-order chi connectivity index (χ1) is 13.3. The monoisotopic (exact) mass is 400 g/mol. The third-order valence-corrected chi connectivity index (χ3v) is 6.97. The van der Waals surface area contributed by atoms with Crippen molar-refractivity contribution in [3.8, 4) is 0 Å². The van der Waals surface area contributed by atoms with Gasteiger partial charge >= 0.3 is 0 Å². The zero-order chi connectivity index (χ0) is 20.3. The summed E-state index contributed by atoms with van der Waals surface area (Å²) < 4.78 is 27.7. The molecule has 28 heavy (non-hydrogen) atoms. The van der Waals surface area contributed by atoms with Gasteiger partial charge in [-0.1, -0.05) is 24.6 Å². The quantitative estimate of drug-likeness (QED) is 0.806. The minimum atomic E-state index is -3.69. The molecule has 0 bridgehead atoms. The van der Waals surface area contributed by atoms with E-state index in [9.17, 15) is 13.2 Å². The van der Waals surface area contributed by atoms with Gasteiger partial charge in [-0.2, -0.15) is 0 Å². The second-order valence-corrected chi connectivity index (χ2v) is 9.51. The van der Waals surface area contributed by atoms with Gasteiger partial charge in [0.15, 0.2) is 0 Å². The van der Waals surface area contributed by atoms with Crippen molar-refractivity contribution in [2.45, 2.75) is 50.5 Å². The summed E-state index contributed by atoms with van der Waals surface area (Å²) in [6.07, 6.45) is 4.33. The zero-order valence-corrected chi connectivity index (χ0v) is 17.5. The lowest BCUT2D eigenvalue weighted by atomic mass is 9.86. The molecular weight excluding hydrogens is 372 g/mol. The average molecular weight is 401 g/mol. The molecule has 0 radical (unpaired) electrons. The van der Waals surface area contributed by atoms with E-state index in [0.29, 0.717) is 11.3 Å². The van der Waals surface area contributed by atoms with Crippen molar-refractivity contribution in [3.63, 3.8) is 0 Å². The fourth-order valence-electron chi connectivity index (χ4n) is 3.61. The van der Waals surface area contributed by atoms with Gasteiger partial charge in [0.25, 0.3) is 15.9 Å². The van der Waals surface area contributed by atoms with Gasteiger partial charge in [-0.05, 0) is 74.9 Å². The molecule has 1 amide bonds. The van der Waals surface area contributed by atoms with Gasteiger partial charge in [-0.25, -0.2) is 8.42 Å². The molecule has 0 aliphatic heterocycles. The number of sulfonamides is 1. The summed E-state index contributed by atoms with van der Waals surface area (Å²) in [7, 11) is -1.85. The molecule has 1 saturated carbocycles. The number of benzene rings is 2. The third kappa shape index (κ3) is 4.73. The van der Waals surface area contributed by atoms with Gasteiger partial charge in [-0.15, -0.1) is 0 Å². The normalized spacial score (nSPS) is 19.8. The molecule has 1 N–H and O–H groups in total. The van der Waals surface area contributed by atoms with Gasteiger partial charge in [0.2, 0.25) is 0 Å². The van der Waals surface area contributed by atoms with E-state index in [1.165, 1.54) is 12.1 Å². The van der Waals surface area contributed by atoms with E-state index in [-0.39, 0.29) is 16.8 Å². The van der Waals surface area contributed by atoms with Crippen LogP contribution in [0.1, 0.15) is 48.5 Å². The fraction of sp³-hybridized carbons (Fsp3) is 0.409. The number of amides is 1. The molecule has 0 aromatic heterocycles. The predicted octanol–water partition coefficient (Wildman–Crippen LogP) is 4.45. The van der Waals surface area contributed by atoms with E-state index in [1.807, 2.05) is 26.1 Å². The number of nitrogens with one attached hydrogen (secondary N) is 1.